The number of aryl methyl sites for hydroxylation is 1. The highest BCUT2D eigenvalue weighted by Crippen LogP contribution is 2.19. The van der Waals surface area contributed by atoms with Crippen LogP contribution in [0.1, 0.15) is 39.0 Å². The smallest absolute Gasteiger partial charge is 0.317 e. The van der Waals surface area contributed by atoms with E-state index in [9.17, 15) is 9.59 Å². The molecule has 1 aromatic heterocycles. The molecule has 0 saturated carbocycles. The number of nitrogens with one attached hydrogen (secondary N) is 1. The van der Waals surface area contributed by atoms with E-state index < -0.39 is 0 Å². The number of amides is 2. The van der Waals surface area contributed by atoms with Crippen LogP contribution in [0.4, 0.5) is 4.79 Å². The van der Waals surface area contributed by atoms with E-state index in [2.05, 4.69) is 31.1 Å². The molecule has 1 aromatic rings. The number of hydrogen-bond acceptors (Lipinski definition) is 3. The van der Waals surface area contributed by atoms with Gasteiger partial charge in [0.1, 0.15) is 0 Å². The van der Waals surface area contributed by atoms with Crippen LogP contribution in [-0.4, -0.2) is 33.1 Å². The zero-order valence-corrected chi connectivity index (χ0v) is 13.4. The number of fused-ring (bicyclic) bond motifs is 1. The predicted molar refractivity (Wildman–Crippen MR) is 81.0 cm³/mol. The maximum atomic E-state index is 12.3. The van der Waals surface area contributed by atoms with E-state index in [0.29, 0.717) is 25.2 Å². The monoisotopic (exact) mass is 292 g/mol. The molecule has 0 unspecified atom stereocenters. The molecule has 1 aliphatic rings. The highest BCUT2D eigenvalue weighted by atomic mass is 16.2. The summed E-state index contributed by atoms with van der Waals surface area (Å²) in [7, 11) is 1.69. The van der Waals surface area contributed by atoms with Crippen LogP contribution in [-0.2, 0) is 20.0 Å². The molecule has 1 aliphatic heterocycles. The molecule has 2 heterocycles. The first kappa shape index (κ1) is 15.5. The summed E-state index contributed by atoms with van der Waals surface area (Å²) in [5, 5.41) is 3.02. The fourth-order valence-electron chi connectivity index (χ4n) is 2.18. The molecule has 0 fully saturated rings. The summed E-state index contributed by atoms with van der Waals surface area (Å²) in [5.41, 5.74) is 1.44. The Morgan fingerprint density at radius 2 is 2.10 bits per heavy atom. The lowest BCUT2D eigenvalue weighted by Gasteiger charge is -2.33. The molecule has 0 saturated heterocycles. The van der Waals surface area contributed by atoms with Crippen molar-refractivity contribution in [2.45, 2.75) is 46.7 Å². The lowest BCUT2D eigenvalue weighted by Crippen LogP contribution is -2.50. The van der Waals surface area contributed by atoms with Gasteiger partial charge in [0.05, 0.1) is 18.6 Å². The summed E-state index contributed by atoms with van der Waals surface area (Å²) in [6.45, 7) is 9.23. The van der Waals surface area contributed by atoms with Gasteiger partial charge in [0.2, 0.25) is 0 Å². The third kappa shape index (κ3) is 3.25. The van der Waals surface area contributed by atoms with Crippen LogP contribution in [0.5, 0.6) is 0 Å². The summed E-state index contributed by atoms with van der Waals surface area (Å²) in [4.78, 5) is 30.3. The first-order chi connectivity index (χ1) is 9.70. The molecule has 2 rings (SSSR count). The molecule has 116 valence electrons. The largest absolute Gasteiger partial charge is 0.335 e. The van der Waals surface area contributed by atoms with Gasteiger partial charge in [0, 0.05) is 25.2 Å². The van der Waals surface area contributed by atoms with E-state index in [-0.39, 0.29) is 23.0 Å². The van der Waals surface area contributed by atoms with E-state index in [1.807, 2.05) is 6.92 Å². The molecule has 0 bridgehead atoms. The Morgan fingerprint density at radius 1 is 1.43 bits per heavy atom. The Labute approximate surface area is 125 Å². The highest BCUT2D eigenvalue weighted by Gasteiger charge is 2.27. The molecular formula is C15H24N4O2. The summed E-state index contributed by atoms with van der Waals surface area (Å²) in [6, 6.07) is -0.0199. The molecule has 6 nitrogen and oxygen atoms in total. The molecule has 21 heavy (non-hydrogen) atoms. The van der Waals surface area contributed by atoms with Gasteiger partial charge >= 0.3 is 6.03 Å². The molecule has 0 radical (unpaired) electrons. The van der Waals surface area contributed by atoms with E-state index in [0.717, 1.165) is 5.56 Å². The quantitative estimate of drug-likeness (QED) is 0.848. The van der Waals surface area contributed by atoms with E-state index in [1.165, 1.54) is 10.9 Å². The van der Waals surface area contributed by atoms with Crippen LogP contribution in [0.2, 0.25) is 0 Å². The van der Waals surface area contributed by atoms with Crippen molar-refractivity contribution in [3.8, 4) is 0 Å². The van der Waals surface area contributed by atoms with Crippen LogP contribution in [0.15, 0.2) is 11.1 Å². The van der Waals surface area contributed by atoms with Gasteiger partial charge in [-0.1, -0.05) is 20.8 Å². The Kier molecular flexibility index (Phi) is 4.07. The van der Waals surface area contributed by atoms with Crippen LogP contribution in [0.25, 0.3) is 0 Å². The summed E-state index contributed by atoms with van der Waals surface area (Å²) >= 11 is 0. The van der Waals surface area contributed by atoms with Crippen molar-refractivity contribution in [1.29, 1.82) is 0 Å². The summed E-state index contributed by atoms with van der Waals surface area (Å²) < 4.78 is 1.48. The van der Waals surface area contributed by atoms with Gasteiger partial charge in [-0.25, -0.2) is 9.78 Å². The van der Waals surface area contributed by atoms with Gasteiger partial charge in [-0.2, -0.15) is 0 Å². The zero-order chi connectivity index (χ0) is 15.8. The molecule has 0 aromatic carbocycles. The standard InChI is InChI=1S/C15H24N4O2/c1-10(15(2,3)4)17-14(21)19-7-6-11-12(8-19)16-9-18(5)13(11)20/h9-10H,6-8H2,1-5H3,(H,17,21)/t10-/m0/s1. The van der Waals surface area contributed by atoms with Crippen molar-refractivity contribution >= 4 is 6.03 Å². The topological polar surface area (TPSA) is 67.2 Å². The summed E-state index contributed by atoms with van der Waals surface area (Å²) in [5.74, 6) is 0. The average Bonchev–Trinajstić information content (AvgIpc) is 2.41. The van der Waals surface area contributed by atoms with Crippen molar-refractivity contribution in [2.75, 3.05) is 6.54 Å². The third-order valence-electron chi connectivity index (χ3n) is 4.21. The number of nitrogens with zero attached hydrogens (tertiary/aromatic N) is 3. The number of urea groups is 1. The van der Waals surface area contributed by atoms with Gasteiger partial charge in [0.15, 0.2) is 0 Å². The fraction of sp³-hybridized carbons (Fsp3) is 0.667. The van der Waals surface area contributed by atoms with Gasteiger partial charge < -0.3 is 14.8 Å². The molecule has 1 atom stereocenters. The Hall–Kier alpha value is -1.85. The van der Waals surface area contributed by atoms with Crippen LogP contribution >= 0.6 is 0 Å². The number of carbonyl (C=O) groups excluding carboxylic acids is 1. The minimum absolute atomic E-state index is 0.0110. The van der Waals surface area contributed by atoms with E-state index >= 15 is 0 Å². The van der Waals surface area contributed by atoms with Crippen molar-refractivity contribution in [3.05, 3.63) is 27.9 Å². The van der Waals surface area contributed by atoms with Crippen LogP contribution in [0.3, 0.4) is 0 Å². The second kappa shape index (κ2) is 5.50. The van der Waals surface area contributed by atoms with E-state index in [4.69, 9.17) is 0 Å². The third-order valence-corrected chi connectivity index (χ3v) is 4.21. The van der Waals surface area contributed by atoms with Crippen molar-refractivity contribution < 1.29 is 4.79 Å². The number of aromatic nitrogens is 2. The minimum Gasteiger partial charge on any atom is -0.335 e. The van der Waals surface area contributed by atoms with E-state index in [1.54, 1.807) is 11.9 Å². The number of carbonyl (C=O) groups is 1. The van der Waals surface area contributed by atoms with Gasteiger partial charge in [0.25, 0.3) is 5.56 Å². The highest BCUT2D eigenvalue weighted by molar-refractivity contribution is 5.74. The maximum absolute atomic E-state index is 12.3. The Balaban J connectivity index is 2.10. The minimum atomic E-state index is -0.0921. The molecule has 0 aliphatic carbocycles. The van der Waals surface area contributed by atoms with Crippen LogP contribution < -0.4 is 10.9 Å². The van der Waals surface area contributed by atoms with Crippen molar-refractivity contribution in [1.82, 2.24) is 19.8 Å². The second-order valence-electron chi connectivity index (χ2n) is 6.79. The van der Waals surface area contributed by atoms with Crippen LogP contribution in [0, 0.1) is 5.41 Å². The van der Waals surface area contributed by atoms with Gasteiger partial charge in [-0.3, -0.25) is 4.79 Å². The SMILES string of the molecule is C[C@H](NC(=O)N1CCc2c(ncn(C)c2=O)C1)C(C)(C)C. The zero-order valence-electron chi connectivity index (χ0n) is 13.4. The molecule has 6 heteroatoms. The Morgan fingerprint density at radius 3 is 2.71 bits per heavy atom. The fourth-order valence-corrected chi connectivity index (χ4v) is 2.18. The normalized spacial score (nSPS) is 16.3. The average molecular weight is 292 g/mol. The number of rotatable bonds is 1. The number of hydrogen-bond donors (Lipinski definition) is 1. The van der Waals surface area contributed by atoms with Gasteiger partial charge in [-0.05, 0) is 18.8 Å². The molecule has 0 spiro atoms. The summed E-state index contributed by atoms with van der Waals surface area (Å²) in [6.07, 6.45) is 2.08. The van der Waals surface area contributed by atoms with Gasteiger partial charge in [-0.15, -0.1) is 0 Å². The molecule has 2 amide bonds. The molecular weight excluding hydrogens is 268 g/mol. The lowest BCUT2D eigenvalue weighted by atomic mass is 9.88. The van der Waals surface area contributed by atoms with Crippen molar-refractivity contribution in [2.24, 2.45) is 12.5 Å². The Bertz CT molecular complexity index is 601. The van der Waals surface area contributed by atoms with Crippen molar-refractivity contribution in [3.63, 3.8) is 0 Å². The predicted octanol–water partition coefficient (Wildman–Crippen LogP) is 1.28. The first-order valence-electron chi connectivity index (χ1n) is 7.29. The first-order valence-corrected chi connectivity index (χ1v) is 7.29. The maximum Gasteiger partial charge on any atom is 0.317 e. The second-order valence-corrected chi connectivity index (χ2v) is 6.79. The molecule has 1 N–H and O–H groups in total. The lowest BCUT2D eigenvalue weighted by molar-refractivity contribution is 0.176.